The van der Waals surface area contributed by atoms with Crippen LogP contribution in [-0.4, -0.2) is 51.1 Å². The number of para-hydroxylation sites is 1. The topological polar surface area (TPSA) is 143 Å². The van der Waals surface area contributed by atoms with Gasteiger partial charge in [-0.3, -0.25) is 9.36 Å². The molecule has 0 fully saturated rings. The van der Waals surface area contributed by atoms with Crippen molar-refractivity contribution in [2.75, 3.05) is 19.2 Å². The van der Waals surface area contributed by atoms with Crippen LogP contribution in [0.15, 0.2) is 43.0 Å². The maximum Gasteiger partial charge on any atom is 0.342 e. The fourth-order valence-corrected chi connectivity index (χ4v) is 4.64. The predicted octanol–water partition coefficient (Wildman–Crippen LogP) is 2.19. The van der Waals surface area contributed by atoms with E-state index in [1.807, 2.05) is 13.0 Å². The van der Waals surface area contributed by atoms with E-state index in [4.69, 9.17) is 19.7 Å². The van der Waals surface area contributed by atoms with E-state index in [0.29, 0.717) is 29.3 Å². The fraction of sp³-hybridized carbons (Fsp3) is 0.368. The molecule has 3 atom stereocenters. The van der Waals surface area contributed by atoms with Crippen molar-refractivity contribution in [3.63, 3.8) is 0 Å². The molecule has 31 heavy (non-hydrogen) atoms. The van der Waals surface area contributed by atoms with Crippen LogP contribution in [0.5, 0.6) is 5.75 Å². The normalized spacial score (nSPS) is 15.2. The first kappa shape index (κ1) is 22.7. The molecule has 0 saturated heterocycles. The second-order valence-electron chi connectivity index (χ2n) is 6.89. The smallest absolute Gasteiger partial charge is 0.342 e. The number of anilines is 1. The Morgan fingerprint density at radius 1 is 1.23 bits per heavy atom. The van der Waals surface area contributed by atoms with Crippen molar-refractivity contribution in [3.8, 4) is 5.75 Å². The minimum atomic E-state index is -3.61. The molecule has 0 amide bonds. The van der Waals surface area contributed by atoms with Crippen LogP contribution in [-0.2, 0) is 25.4 Å². The number of aromatic nitrogens is 4. The lowest BCUT2D eigenvalue weighted by molar-refractivity contribution is -0.142. The summed E-state index contributed by atoms with van der Waals surface area (Å²) in [6.07, 6.45) is 2.31. The van der Waals surface area contributed by atoms with E-state index in [0.717, 1.165) is 0 Å². The molecule has 1 aromatic carbocycles. The first-order valence-corrected chi connectivity index (χ1v) is 11.3. The van der Waals surface area contributed by atoms with Gasteiger partial charge in [0.25, 0.3) is 0 Å². The molecule has 3 N–H and O–H groups in total. The van der Waals surface area contributed by atoms with Gasteiger partial charge in [-0.15, -0.1) is 0 Å². The number of nitrogen functional groups attached to an aromatic ring is 1. The Balaban J connectivity index is 1.70. The van der Waals surface area contributed by atoms with E-state index in [1.165, 1.54) is 20.4 Å². The van der Waals surface area contributed by atoms with E-state index in [9.17, 15) is 9.36 Å². The van der Waals surface area contributed by atoms with Crippen molar-refractivity contribution in [2.45, 2.75) is 32.5 Å². The summed E-state index contributed by atoms with van der Waals surface area (Å²) in [4.78, 5) is 24.1. The van der Waals surface area contributed by atoms with Gasteiger partial charge >= 0.3 is 13.5 Å². The number of fused-ring (bicyclic) bond motifs is 1. The molecule has 0 aliphatic heterocycles. The first-order valence-electron chi connectivity index (χ1n) is 9.53. The zero-order chi connectivity index (χ0) is 22.4. The Kier molecular flexibility index (Phi) is 7.21. The number of benzene rings is 1. The number of methoxy groups -OCH3 is 1. The Morgan fingerprint density at radius 2 is 1.97 bits per heavy atom. The van der Waals surface area contributed by atoms with Gasteiger partial charge in [-0.2, -0.15) is 0 Å². The predicted molar refractivity (Wildman–Crippen MR) is 114 cm³/mol. The van der Waals surface area contributed by atoms with Gasteiger partial charge in [0.05, 0.1) is 26.1 Å². The van der Waals surface area contributed by atoms with Gasteiger partial charge in [0.2, 0.25) is 0 Å². The van der Waals surface area contributed by atoms with E-state index in [-0.39, 0.29) is 12.5 Å². The number of hydrogen-bond donors (Lipinski definition) is 2. The third kappa shape index (κ3) is 5.78. The van der Waals surface area contributed by atoms with Gasteiger partial charge in [0, 0.05) is 0 Å². The maximum absolute atomic E-state index is 13.5. The SMILES string of the molecule is COC(=O)[C@@H](C)NP(=O)(CO[C@H](C)Cn1cnc2c(N)ncnc21)Oc1ccccc1. The molecule has 11 nitrogen and oxygen atoms in total. The second kappa shape index (κ2) is 9.86. The summed E-state index contributed by atoms with van der Waals surface area (Å²) >= 11 is 0. The minimum Gasteiger partial charge on any atom is -0.468 e. The van der Waals surface area contributed by atoms with Gasteiger partial charge in [0.15, 0.2) is 11.5 Å². The molecule has 3 rings (SSSR count). The number of nitrogens with zero attached hydrogens (tertiary/aromatic N) is 4. The highest BCUT2D eigenvalue weighted by Gasteiger charge is 2.31. The Morgan fingerprint density at radius 3 is 2.68 bits per heavy atom. The summed E-state index contributed by atoms with van der Waals surface area (Å²) in [6.45, 7) is 3.73. The van der Waals surface area contributed by atoms with Crippen molar-refractivity contribution in [2.24, 2.45) is 0 Å². The Bertz CT molecular complexity index is 1080. The van der Waals surface area contributed by atoms with Gasteiger partial charge in [-0.05, 0) is 26.0 Å². The van der Waals surface area contributed by atoms with Crippen molar-refractivity contribution < 1.29 is 23.4 Å². The van der Waals surface area contributed by atoms with Crippen LogP contribution in [0.4, 0.5) is 5.82 Å². The van der Waals surface area contributed by atoms with E-state index >= 15 is 0 Å². The fourth-order valence-electron chi connectivity index (χ4n) is 2.85. The van der Waals surface area contributed by atoms with E-state index in [1.54, 1.807) is 35.2 Å². The molecule has 1 unspecified atom stereocenters. The molecule has 166 valence electrons. The number of carbonyl (C=O) groups is 1. The number of rotatable bonds is 10. The van der Waals surface area contributed by atoms with Crippen LogP contribution in [0.25, 0.3) is 11.2 Å². The third-order valence-corrected chi connectivity index (χ3v) is 6.13. The second-order valence-corrected chi connectivity index (χ2v) is 8.93. The summed E-state index contributed by atoms with van der Waals surface area (Å²) < 4.78 is 31.4. The highest BCUT2D eigenvalue weighted by molar-refractivity contribution is 7.57. The summed E-state index contributed by atoms with van der Waals surface area (Å²) in [5.41, 5.74) is 6.89. The zero-order valence-corrected chi connectivity index (χ0v) is 18.4. The third-order valence-electron chi connectivity index (χ3n) is 4.35. The lowest BCUT2D eigenvalue weighted by Gasteiger charge is -2.24. The Labute approximate surface area is 179 Å². The molecule has 0 saturated carbocycles. The largest absolute Gasteiger partial charge is 0.468 e. The molecule has 3 aromatic rings. The van der Waals surface area contributed by atoms with Crippen LogP contribution in [0.1, 0.15) is 13.8 Å². The van der Waals surface area contributed by atoms with Crippen LogP contribution in [0.3, 0.4) is 0 Å². The summed E-state index contributed by atoms with van der Waals surface area (Å²) in [6, 6.07) is 7.81. The number of carbonyl (C=O) groups excluding carboxylic acids is 1. The van der Waals surface area contributed by atoms with Gasteiger partial charge in [-0.1, -0.05) is 18.2 Å². The monoisotopic (exact) mass is 448 g/mol. The molecular formula is C19H25N6O5P. The van der Waals surface area contributed by atoms with Crippen molar-refractivity contribution in [1.82, 2.24) is 24.6 Å². The molecule has 0 spiro atoms. The van der Waals surface area contributed by atoms with E-state index < -0.39 is 19.5 Å². The number of esters is 1. The molecular weight excluding hydrogens is 423 g/mol. The van der Waals surface area contributed by atoms with Gasteiger partial charge in [-0.25, -0.2) is 20.0 Å². The quantitative estimate of drug-likeness (QED) is 0.350. The molecule has 2 aromatic heterocycles. The number of imidazole rings is 1. The number of hydrogen-bond acceptors (Lipinski definition) is 9. The van der Waals surface area contributed by atoms with E-state index in [2.05, 4.69) is 20.0 Å². The average Bonchev–Trinajstić information content (AvgIpc) is 3.16. The molecule has 0 aliphatic rings. The van der Waals surface area contributed by atoms with Crippen LogP contribution in [0.2, 0.25) is 0 Å². The highest BCUT2D eigenvalue weighted by atomic mass is 31.2. The zero-order valence-electron chi connectivity index (χ0n) is 17.5. The number of ether oxygens (including phenoxy) is 2. The first-order chi connectivity index (χ1) is 14.8. The van der Waals surface area contributed by atoms with Crippen LogP contribution >= 0.6 is 7.52 Å². The van der Waals surface area contributed by atoms with Crippen molar-refractivity contribution in [1.29, 1.82) is 0 Å². The Hall–Kier alpha value is -3.01. The number of nitrogens with one attached hydrogen (secondary N) is 1. The lowest BCUT2D eigenvalue weighted by Crippen LogP contribution is -2.35. The van der Waals surface area contributed by atoms with Crippen molar-refractivity contribution in [3.05, 3.63) is 43.0 Å². The molecule has 0 aliphatic carbocycles. The van der Waals surface area contributed by atoms with Gasteiger partial charge in [0.1, 0.15) is 30.0 Å². The number of nitrogens with two attached hydrogens (primary N) is 1. The summed E-state index contributed by atoms with van der Waals surface area (Å²) in [5, 5.41) is 2.72. The maximum atomic E-state index is 13.5. The summed E-state index contributed by atoms with van der Waals surface area (Å²) in [7, 11) is -2.35. The highest BCUT2D eigenvalue weighted by Crippen LogP contribution is 2.44. The average molecular weight is 448 g/mol. The molecule has 0 bridgehead atoms. The van der Waals surface area contributed by atoms with Crippen LogP contribution < -0.4 is 15.3 Å². The summed E-state index contributed by atoms with van der Waals surface area (Å²) in [5.74, 6) is 0.116. The molecule has 2 heterocycles. The minimum absolute atomic E-state index is 0.270. The molecule has 12 heteroatoms. The lowest BCUT2D eigenvalue weighted by atomic mass is 10.3. The standard InChI is InChI=1S/C19H25N6O5P/c1-13(9-25-11-23-16-17(20)21-10-22-18(16)25)29-12-31(27,24-14(2)19(26)28-3)30-15-7-5-4-6-8-15/h4-8,10-11,13-14H,9,12H2,1-3H3,(H,24,27)(H2,20,21,22)/t13-,14-,31?/m1/s1. The molecule has 0 radical (unpaired) electrons. The van der Waals surface area contributed by atoms with Crippen molar-refractivity contribution >= 4 is 30.5 Å². The van der Waals surface area contributed by atoms with Crippen LogP contribution in [0, 0.1) is 0 Å². The van der Waals surface area contributed by atoms with Gasteiger partial charge < -0.3 is 24.3 Å².